The van der Waals surface area contributed by atoms with Gasteiger partial charge in [-0.2, -0.15) is 0 Å². The Kier molecular flexibility index (Phi) is 6.48. The molecule has 0 bridgehead atoms. The molecule has 3 nitrogen and oxygen atoms in total. The van der Waals surface area contributed by atoms with E-state index in [0.717, 1.165) is 11.1 Å². The van der Waals surface area contributed by atoms with E-state index < -0.39 is 5.82 Å². The highest BCUT2D eigenvalue weighted by Gasteiger charge is 2.01. The first-order chi connectivity index (χ1) is 9.47. The van der Waals surface area contributed by atoms with Gasteiger partial charge >= 0.3 is 0 Å². The number of pyridine rings is 2. The van der Waals surface area contributed by atoms with Crippen molar-refractivity contribution >= 4 is 11.6 Å². The highest BCUT2D eigenvalue weighted by Crippen LogP contribution is 2.07. The van der Waals surface area contributed by atoms with Crippen LogP contribution in [0.3, 0.4) is 0 Å². The Hall–Kier alpha value is -1.59. The van der Waals surface area contributed by atoms with Crippen molar-refractivity contribution in [2.45, 2.75) is 26.3 Å². The van der Waals surface area contributed by atoms with Crippen LogP contribution in [-0.4, -0.2) is 15.1 Å². The Morgan fingerprint density at radius 1 is 1.00 bits per heavy atom. The fourth-order valence-corrected chi connectivity index (χ4v) is 1.54. The van der Waals surface area contributed by atoms with Gasteiger partial charge < -0.3 is 5.11 Å². The number of hydrogen-bond donors (Lipinski definition) is 1. The first kappa shape index (κ1) is 16.5. The van der Waals surface area contributed by atoms with E-state index >= 15 is 0 Å². The van der Waals surface area contributed by atoms with Gasteiger partial charge in [-0.15, -0.1) is 11.6 Å². The minimum Gasteiger partial charge on any atom is -0.390 e. The van der Waals surface area contributed by atoms with E-state index in [0.29, 0.717) is 5.69 Å². The summed E-state index contributed by atoms with van der Waals surface area (Å²) >= 11 is 5.38. The molecule has 1 N–H and O–H groups in total. The van der Waals surface area contributed by atoms with Crippen molar-refractivity contribution in [1.82, 2.24) is 9.97 Å². The molecule has 2 heterocycles. The lowest BCUT2D eigenvalue weighted by atomic mass is 10.3. The second-order valence-corrected chi connectivity index (χ2v) is 4.44. The zero-order valence-electron chi connectivity index (χ0n) is 11.2. The Morgan fingerprint density at radius 2 is 1.45 bits per heavy atom. The Labute approximate surface area is 121 Å². The molecule has 6 heteroatoms. The SMILES string of the molecule is Cc1cnc(CCl)c(F)c1.Cc1cnc(CO)c(F)c1. The monoisotopic (exact) mass is 300 g/mol. The summed E-state index contributed by atoms with van der Waals surface area (Å²) in [5.41, 5.74) is 1.99. The van der Waals surface area contributed by atoms with Gasteiger partial charge in [-0.05, 0) is 37.1 Å². The van der Waals surface area contributed by atoms with Gasteiger partial charge in [0, 0.05) is 12.4 Å². The molecule has 0 atom stereocenters. The molecule has 0 amide bonds. The third-order valence-corrected chi connectivity index (χ3v) is 2.64. The Morgan fingerprint density at radius 3 is 1.80 bits per heavy atom. The molecule has 0 radical (unpaired) electrons. The van der Waals surface area contributed by atoms with E-state index in [4.69, 9.17) is 16.7 Å². The molecule has 108 valence electrons. The molecule has 0 fully saturated rings. The van der Waals surface area contributed by atoms with Crippen LogP contribution in [0.15, 0.2) is 24.5 Å². The number of nitrogens with zero attached hydrogens (tertiary/aromatic N) is 2. The second-order valence-electron chi connectivity index (χ2n) is 4.17. The fraction of sp³-hybridized carbons (Fsp3) is 0.286. The number of rotatable bonds is 2. The van der Waals surface area contributed by atoms with Gasteiger partial charge in [0.05, 0.1) is 18.2 Å². The normalized spacial score (nSPS) is 9.90. The summed E-state index contributed by atoms with van der Waals surface area (Å²) in [5, 5.41) is 8.51. The third-order valence-electron chi connectivity index (χ3n) is 2.38. The third kappa shape index (κ3) is 4.83. The summed E-state index contributed by atoms with van der Waals surface area (Å²) in [5.74, 6) is -0.635. The number of hydrogen-bond acceptors (Lipinski definition) is 3. The van der Waals surface area contributed by atoms with Crippen molar-refractivity contribution < 1.29 is 13.9 Å². The van der Waals surface area contributed by atoms with Gasteiger partial charge in [0.15, 0.2) is 0 Å². The highest BCUT2D eigenvalue weighted by atomic mass is 35.5. The number of aromatic nitrogens is 2. The predicted octanol–water partition coefficient (Wildman–Crippen LogP) is 3.29. The molecule has 0 aromatic carbocycles. The van der Waals surface area contributed by atoms with Gasteiger partial charge in [-0.1, -0.05) is 0 Å². The van der Waals surface area contributed by atoms with Crippen molar-refractivity contribution in [2.75, 3.05) is 0 Å². The molecule has 0 aliphatic rings. The first-order valence-electron chi connectivity index (χ1n) is 5.86. The molecular formula is C14H15ClF2N2O. The summed E-state index contributed by atoms with van der Waals surface area (Å²) in [6.07, 6.45) is 3.12. The second kappa shape index (κ2) is 7.87. The summed E-state index contributed by atoms with van der Waals surface area (Å²) < 4.78 is 25.3. The molecule has 0 saturated carbocycles. The van der Waals surface area contributed by atoms with Gasteiger partial charge in [0.25, 0.3) is 0 Å². The Balaban J connectivity index is 0.000000200. The average molecular weight is 301 g/mol. The van der Waals surface area contributed by atoms with E-state index in [-0.39, 0.29) is 24.0 Å². The van der Waals surface area contributed by atoms with E-state index in [1.54, 1.807) is 20.0 Å². The molecule has 2 rings (SSSR count). The first-order valence-corrected chi connectivity index (χ1v) is 6.40. The summed E-state index contributed by atoms with van der Waals surface area (Å²) in [6.45, 7) is 3.19. The van der Waals surface area contributed by atoms with Crippen LogP contribution in [0.4, 0.5) is 8.78 Å². The smallest absolute Gasteiger partial charge is 0.147 e. The largest absolute Gasteiger partial charge is 0.390 e. The standard InChI is InChI=1S/C7H7ClFN.C7H8FNO/c1-5-2-6(9)7(3-8)10-4-5;1-5-2-6(8)7(4-10)9-3-5/h2,4H,3H2,1H3;2-3,10H,4H2,1H3. The van der Waals surface area contributed by atoms with Crippen molar-refractivity contribution in [1.29, 1.82) is 0 Å². The average Bonchev–Trinajstić information content (AvgIpc) is 2.40. The molecule has 0 spiro atoms. The van der Waals surface area contributed by atoms with Crippen LogP contribution in [0.25, 0.3) is 0 Å². The molecular weight excluding hydrogens is 286 g/mol. The van der Waals surface area contributed by atoms with Crippen molar-refractivity contribution in [3.05, 3.63) is 58.7 Å². The van der Waals surface area contributed by atoms with Crippen LogP contribution < -0.4 is 0 Å². The maximum Gasteiger partial charge on any atom is 0.147 e. The fourth-order valence-electron chi connectivity index (χ4n) is 1.34. The molecule has 2 aromatic heterocycles. The number of aliphatic hydroxyl groups excluding tert-OH is 1. The number of halogens is 3. The minimum absolute atomic E-state index is 0.102. The summed E-state index contributed by atoms with van der Waals surface area (Å²) in [7, 11) is 0. The number of alkyl halides is 1. The topological polar surface area (TPSA) is 46.0 Å². The van der Waals surface area contributed by atoms with Crippen molar-refractivity contribution in [3.8, 4) is 0 Å². The zero-order chi connectivity index (χ0) is 15.1. The van der Waals surface area contributed by atoms with Crippen LogP contribution in [0.5, 0.6) is 0 Å². The van der Waals surface area contributed by atoms with Crippen LogP contribution in [0, 0.1) is 25.5 Å². The van der Waals surface area contributed by atoms with Crippen molar-refractivity contribution in [2.24, 2.45) is 0 Å². The predicted molar refractivity (Wildman–Crippen MR) is 73.3 cm³/mol. The molecule has 0 aliphatic carbocycles. The number of aryl methyl sites for hydroxylation is 2. The van der Waals surface area contributed by atoms with Crippen LogP contribution in [0.2, 0.25) is 0 Å². The lowest BCUT2D eigenvalue weighted by Gasteiger charge is -1.97. The van der Waals surface area contributed by atoms with Gasteiger partial charge in [0.1, 0.15) is 17.3 Å². The number of aliphatic hydroxyl groups is 1. The minimum atomic E-state index is -0.442. The molecule has 0 saturated heterocycles. The summed E-state index contributed by atoms with van der Waals surface area (Å²) in [6, 6.07) is 2.77. The van der Waals surface area contributed by atoms with E-state index in [2.05, 4.69) is 9.97 Å². The van der Waals surface area contributed by atoms with E-state index in [9.17, 15) is 8.78 Å². The zero-order valence-corrected chi connectivity index (χ0v) is 12.0. The quantitative estimate of drug-likeness (QED) is 0.866. The Bertz CT molecular complexity index is 528. The van der Waals surface area contributed by atoms with Crippen LogP contribution in [-0.2, 0) is 12.5 Å². The van der Waals surface area contributed by atoms with Gasteiger partial charge in [-0.25, -0.2) is 8.78 Å². The molecule has 0 aliphatic heterocycles. The maximum absolute atomic E-state index is 12.7. The maximum atomic E-state index is 12.7. The van der Waals surface area contributed by atoms with Gasteiger partial charge in [-0.3, -0.25) is 9.97 Å². The van der Waals surface area contributed by atoms with E-state index in [1.165, 1.54) is 18.3 Å². The highest BCUT2D eigenvalue weighted by molar-refractivity contribution is 6.16. The van der Waals surface area contributed by atoms with Crippen LogP contribution in [0.1, 0.15) is 22.5 Å². The lowest BCUT2D eigenvalue weighted by molar-refractivity contribution is 0.270. The molecule has 20 heavy (non-hydrogen) atoms. The van der Waals surface area contributed by atoms with Gasteiger partial charge in [0.2, 0.25) is 0 Å². The van der Waals surface area contributed by atoms with Crippen molar-refractivity contribution in [3.63, 3.8) is 0 Å². The molecule has 2 aromatic rings. The summed E-state index contributed by atoms with van der Waals surface area (Å²) in [4.78, 5) is 7.46. The molecule has 0 unspecified atom stereocenters. The van der Waals surface area contributed by atoms with Crippen LogP contribution >= 0.6 is 11.6 Å². The van der Waals surface area contributed by atoms with E-state index in [1.807, 2.05) is 0 Å². The lowest BCUT2D eigenvalue weighted by Crippen LogP contribution is -1.94.